The lowest BCUT2D eigenvalue weighted by Crippen LogP contribution is -2.55. The van der Waals surface area contributed by atoms with Crippen molar-refractivity contribution >= 4 is 27.6 Å². The second-order valence-electron chi connectivity index (χ2n) is 9.61. The lowest BCUT2D eigenvalue weighted by atomic mass is 9.99. The number of hydrogen-bond donors (Lipinski definition) is 2. The number of morpholine rings is 1. The molecule has 1 unspecified atom stereocenters. The molecule has 3 amide bonds. The molecule has 1 fully saturated rings. The summed E-state index contributed by atoms with van der Waals surface area (Å²) in [5, 5.41) is 2.63. The number of nitrogens with two attached hydrogens (primary N) is 1. The number of pyridine rings is 1. The summed E-state index contributed by atoms with van der Waals surface area (Å²) in [7, 11) is -4.11. The Labute approximate surface area is 217 Å². The molecule has 1 saturated heterocycles. The summed E-state index contributed by atoms with van der Waals surface area (Å²) in [4.78, 5) is 44.2. The Morgan fingerprint density at radius 2 is 1.70 bits per heavy atom. The van der Waals surface area contributed by atoms with Gasteiger partial charge < -0.3 is 20.7 Å². The lowest BCUT2D eigenvalue weighted by Gasteiger charge is -2.34. The van der Waals surface area contributed by atoms with Gasteiger partial charge in [0.05, 0.1) is 24.9 Å². The highest BCUT2D eigenvalue weighted by molar-refractivity contribution is 7.93. The first-order valence-corrected chi connectivity index (χ1v) is 13.8. The van der Waals surface area contributed by atoms with Crippen LogP contribution >= 0.6 is 0 Å². The van der Waals surface area contributed by atoms with E-state index in [0.717, 1.165) is 5.56 Å². The largest absolute Gasteiger partial charge is 0.378 e. The normalized spacial score (nSPS) is 16.0. The summed E-state index contributed by atoms with van der Waals surface area (Å²) < 4.78 is 30.7. The molecule has 0 saturated carbocycles. The quantitative estimate of drug-likeness (QED) is 0.430. The summed E-state index contributed by atoms with van der Waals surface area (Å²) in [6.07, 6.45) is 3.36. The molecular formula is C26H34N4O6S. The maximum absolute atomic E-state index is 13.6. The van der Waals surface area contributed by atoms with Crippen LogP contribution in [0.15, 0.2) is 54.9 Å². The molecule has 1 aliphatic rings. The third-order valence-electron chi connectivity index (χ3n) is 6.53. The monoisotopic (exact) mass is 530 g/mol. The summed E-state index contributed by atoms with van der Waals surface area (Å²) in [6.45, 7) is 4.03. The van der Waals surface area contributed by atoms with Crippen molar-refractivity contribution in [3.05, 3.63) is 66.0 Å². The van der Waals surface area contributed by atoms with Crippen LogP contribution in [-0.2, 0) is 41.8 Å². The van der Waals surface area contributed by atoms with Gasteiger partial charge in [0.25, 0.3) is 0 Å². The van der Waals surface area contributed by atoms with Crippen LogP contribution in [0.2, 0.25) is 0 Å². The Kier molecular flexibility index (Phi) is 9.39. The molecule has 10 nitrogen and oxygen atoms in total. The van der Waals surface area contributed by atoms with Crippen molar-refractivity contribution in [3.8, 4) is 0 Å². The average molecular weight is 531 g/mol. The van der Waals surface area contributed by atoms with Crippen LogP contribution in [-0.4, -0.2) is 78.9 Å². The van der Waals surface area contributed by atoms with E-state index in [4.69, 9.17) is 10.5 Å². The number of nitrogens with one attached hydrogen (secondary N) is 1. The standard InChI is InChI=1S/C26H34N4O6S/c1-26(2,25(33)30-11-13-36-14-12-30)37(34,35)18-21(15-19-7-4-3-5-8-19)24(32)29-22(23(27)31)16-20-9-6-10-28-17-20/h3-10,17,21-22H,11-16,18H2,1-2H3,(H2,27,31)(H,29,32)/t21-,22?/m1/s1. The van der Waals surface area contributed by atoms with Gasteiger partial charge in [0.2, 0.25) is 17.7 Å². The van der Waals surface area contributed by atoms with Crippen molar-refractivity contribution in [2.45, 2.75) is 37.5 Å². The van der Waals surface area contributed by atoms with Crippen LogP contribution in [0.1, 0.15) is 25.0 Å². The second kappa shape index (κ2) is 12.3. The highest BCUT2D eigenvalue weighted by atomic mass is 32.2. The first-order chi connectivity index (χ1) is 17.5. The molecule has 0 spiro atoms. The lowest BCUT2D eigenvalue weighted by molar-refractivity contribution is -0.137. The molecule has 1 aliphatic heterocycles. The molecule has 11 heteroatoms. The van der Waals surface area contributed by atoms with E-state index in [1.807, 2.05) is 6.07 Å². The number of aromatic nitrogens is 1. The van der Waals surface area contributed by atoms with E-state index < -0.39 is 50.0 Å². The summed E-state index contributed by atoms with van der Waals surface area (Å²) in [5.74, 6) is -3.54. The van der Waals surface area contributed by atoms with Crippen LogP contribution in [0.25, 0.3) is 0 Å². The van der Waals surface area contributed by atoms with Gasteiger partial charge >= 0.3 is 0 Å². The zero-order chi connectivity index (χ0) is 27.1. The van der Waals surface area contributed by atoms with Crippen LogP contribution < -0.4 is 11.1 Å². The van der Waals surface area contributed by atoms with Crippen molar-refractivity contribution < 1.29 is 27.5 Å². The van der Waals surface area contributed by atoms with Crippen LogP contribution in [0.4, 0.5) is 0 Å². The minimum absolute atomic E-state index is 0.103. The molecule has 0 bridgehead atoms. The molecule has 3 N–H and O–H groups in total. The van der Waals surface area contributed by atoms with Gasteiger partial charge in [-0.1, -0.05) is 36.4 Å². The van der Waals surface area contributed by atoms with Crippen molar-refractivity contribution in [2.24, 2.45) is 11.7 Å². The molecule has 0 aliphatic carbocycles. The second-order valence-corrected chi connectivity index (χ2v) is 12.2. The third-order valence-corrected chi connectivity index (χ3v) is 9.10. The van der Waals surface area contributed by atoms with E-state index in [1.165, 1.54) is 18.7 Å². The van der Waals surface area contributed by atoms with Crippen molar-refractivity contribution in [1.82, 2.24) is 15.2 Å². The number of rotatable bonds is 11. The van der Waals surface area contributed by atoms with Gasteiger partial charge in [-0.2, -0.15) is 0 Å². The van der Waals surface area contributed by atoms with Crippen LogP contribution in [0.5, 0.6) is 0 Å². The number of hydrogen-bond acceptors (Lipinski definition) is 7. The molecule has 2 heterocycles. The zero-order valence-corrected chi connectivity index (χ0v) is 21.9. The Morgan fingerprint density at radius 3 is 2.30 bits per heavy atom. The van der Waals surface area contributed by atoms with Crippen molar-refractivity contribution in [2.75, 3.05) is 32.1 Å². The van der Waals surface area contributed by atoms with Crippen molar-refractivity contribution in [3.63, 3.8) is 0 Å². The first kappa shape index (κ1) is 28.3. The summed E-state index contributed by atoms with van der Waals surface area (Å²) >= 11 is 0. The molecule has 2 aromatic rings. The topological polar surface area (TPSA) is 149 Å². The fraction of sp³-hybridized carbons (Fsp3) is 0.462. The number of benzene rings is 1. The van der Waals surface area contributed by atoms with Gasteiger partial charge in [0, 0.05) is 31.9 Å². The van der Waals surface area contributed by atoms with Gasteiger partial charge in [0.1, 0.15) is 10.8 Å². The SMILES string of the molecule is CC(C)(C(=O)N1CCOCC1)S(=O)(=O)C[C@@H](Cc1ccccc1)C(=O)NC(Cc1cccnc1)C(N)=O. The highest BCUT2D eigenvalue weighted by Gasteiger charge is 2.46. The van der Waals surface area contributed by atoms with Gasteiger partial charge in [-0.25, -0.2) is 8.42 Å². The predicted octanol–water partition coefficient (Wildman–Crippen LogP) is 0.505. The highest BCUT2D eigenvalue weighted by Crippen LogP contribution is 2.25. The summed E-state index contributed by atoms with van der Waals surface area (Å²) in [6, 6.07) is 11.4. The van der Waals surface area contributed by atoms with Gasteiger partial charge in [-0.05, 0) is 37.5 Å². The molecule has 37 heavy (non-hydrogen) atoms. The molecular weight excluding hydrogens is 496 g/mol. The van der Waals surface area contributed by atoms with E-state index in [0.29, 0.717) is 31.9 Å². The number of primary amides is 1. The van der Waals surface area contributed by atoms with E-state index in [2.05, 4.69) is 10.3 Å². The molecule has 1 aromatic carbocycles. The minimum atomic E-state index is -4.11. The van der Waals surface area contributed by atoms with Gasteiger partial charge in [-0.15, -0.1) is 0 Å². The predicted molar refractivity (Wildman–Crippen MR) is 138 cm³/mol. The van der Waals surface area contributed by atoms with Crippen LogP contribution in [0, 0.1) is 5.92 Å². The Morgan fingerprint density at radius 1 is 1.05 bits per heavy atom. The Hall–Kier alpha value is -3.31. The van der Waals surface area contributed by atoms with Gasteiger partial charge in [0.15, 0.2) is 9.84 Å². The fourth-order valence-electron chi connectivity index (χ4n) is 4.15. The smallest absolute Gasteiger partial charge is 0.243 e. The van der Waals surface area contributed by atoms with E-state index in [1.54, 1.807) is 48.8 Å². The fourth-order valence-corrected chi connectivity index (χ4v) is 5.76. The Balaban J connectivity index is 1.83. The third kappa shape index (κ3) is 7.36. The molecule has 200 valence electrons. The molecule has 1 aromatic heterocycles. The molecule has 3 rings (SSSR count). The zero-order valence-electron chi connectivity index (χ0n) is 21.1. The van der Waals surface area contributed by atoms with Gasteiger partial charge in [-0.3, -0.25) is 19.4 Å². The van der Waals surface area contributed by atoms with E-state index in [9.17, 15) is 22.8 Å². The number of carbonyl (C=O) groups is 3. The summed E-state index contributed by atoms with van der Waals surface area (Å²) in [5.41, 5.74) is 6.99. The Bertz CT molecular complexity index is 1180. The first-order valence-electron chi connectivity index (χ1n) is 12.1. The average Bonchev–Trinajstić information content (AvgIpc) is 2.88. The molecule has 2 atom stereocenters. The van der Waals surface area contributed by atoms with Crippen LogP contribution in [0.3, 0.4) is 0 Å². The number of ether oxygens (including phenoxy) is 1. The number of nitrogens with zero attached hydrogens (tertiary/aromatic N) is 2. The maximum Gasteiger partial charge on any atom is 0.243 e. The molecule has 0 radical (unpaired) electrons. The number of carbonyl (C=O) groups excluding carboxylic acids is 3. The van der Waals surface area contributed by atoms with Crippen molar-refractivity contribution in [1.29, 1.82) is 0 Å². The number of amides is 3. The minimum Gasteiger partial charge on any atom is -0.378 e. The number of sulfone groups is 1. The maximum atomic E-state index is 13.6. The van der Waals surface area contributed by atoms with E-state index in [-0.39, 0.29) is 12.8 Å². The van der Waals surface area contributed by atoms with E-state index >= 15 is 0 Å².